The molecule has 0 unspecified atom stereocenters. The van der Waals surface area contributed by atoms with Crippen molar-refractivity contribution in [1.29, 1.82) is 0 Å². The molecule has 0 saturated carbocycles. The fourth-order valence-corrected chi connectivity index (χ4v) is 2.61. The molecule has 4 nitrogen and oxygen atoms in total. The van der Waals surface area contributed by atoms with Crippen LogP contribution in [0.15, 0.2) is 47.8 Å². The zero-order valence-corrected chi connectivity index (χ0v) is 11.2. The number of nitrogens with zero attached hydrogens (tertiary/aromatic N) is 2. The lowest BCUT2D eigenvalue weighted by molar-refractivity contribution is -0.384. The minimum absolute atomic E-state index is 0.126. The first-order valence-electron chi connectivity index (χ1n) is 5.99. The maximum atomic E-state index is 10.6. The standard InChI is InChI=1S/C15H10N2O2S/c18-17(19)13-9-14(20-10-13)8-7-12-6-5-11-3-1-2-4-15(11)16-12/h1-10H. The SMILES string of the molecule is O=[N+]([O-])c1csc(C=Cc2ccc3ccccc3n2)c1. The fraction of sp³-hybridized carbons (Fsp3) is 0. The van der Waals surface area contributed by atoms with Crippen molar-refractivity contribution in [3.63, 3.8) is 0 Å². The Hall–Kier alpha value is -2.53. The molecular weight excluding hydrogens is 272 g/mol. The van der Waals surface area contributed by atoms with Gasteiger partial charge in [0.05, 0.1) is 21.5 Å². The molecule has 20 heavy (non-hydrogen) atoms. The molecule has 2 heterocycles. The van der Waals surface area contributed by atoms with Gasteiger partial charge in [-0.25, -0.2) is 4.98 Å². The van der Waals surface area contributed by atoms with Crippen LogP contribution in [-0.2, 0) is 0 Å². The van der Waals surface area contributed by atoms with E-state index in [1.165, 1.54) is 16.7 Å². The summed E-state index contributed by atoms with van der Waals surface area (Å²) in [6, 6.07) is 13.4. The Morgan fingerprint density at radius 2 is 2.00 bits per heavy atom. The molecule has 2 aromatic heterocycles. The summed E-state index contributed by atoms with van der Waals surface area (Å²) in [6.45, 7) is 0. The molecule has 5 heteroatoms. The Labute approximate surface area is 119 Å². The van der Waals surface area contributed by atoms with E-state index in [-0.39, 0.29) is 10.6 Å². The second kappa shape index (κ2) is 5.22. The Kier molecular flexibility index (Phi) is 3.26. The molecule has 0 radical (unpaired) electrons. The molecule has 0 aliphatic carbocycles. The third-order valence-corrected chi connectivity index (χ3v) is 3.74. The van der Waals surface area contributed by atoms with Gasteiger partial charge in [0, 0.05) is 16.3 Å². The van der Waals surface area contributed by atoms with E-state index in [2.05, 4.69) is 4.98 Å². The van der Waals surface area contributed by atoms with Crippen molar-refractivity contribution in [1.82, 2.24) is 4.98 Å². The summed E-state index contributed by atoms with van der Waals surface area (Å²) < 4.78 is 0. The van der Waals surface area contributed by atoms with Crippen molar-refractivity contribution in [3.8, 4) is 0 Å². The second-order valence-electron chi connectivity index (χ2n) is 4.23. The highest BCUT2D eigenvalue weighted by Crippen LogP contribution is 2.23. The van der Waals surface area contributed by atoms with Crippen LogP contribution in [0, 0.1) is 10.1 Å². The highest BCUT2D eigenvalue weighted by Gasteiger charge is 2.06. The summed E-state index contributed by atoms with van der Waals surface area (Å²) in [5, 5.41) is 13.2. The van der Waals surface area contributed by atoms with Crippen LogP contribution in [0.3, 0.4) is 0 Å². The Balaban J connectivity index is 1.87. The highest BCUT2D eigenvalue weighted by molar-refractivity contribution is 7.11. The normalized spacial score (nSPS) is 11.2. The summed E-state index contributed by atoms with van der Waals surface area (Å²) in [5.41, 5.74) is 1.90. The molecular formula is C15H10N2O2S. The van der Waals surface area contributed by atoms with E-state index in [9.17, 15) is 10.1 Å². The van der Waals surface area contributed by atoms with Gasteiger partial charge in [-0.1, -0.05) is 24.3 Å². The highest BCUT2D eigenvalue weighted by atomic mass is 32.1. The molecule has 1 aromatic carbocycles. The minimum atomic E-state index is -0.387. The molecule has 0 saturated heterocycles. The summed E-state index contributed by atoms with van der Waals surface area (Å²) in [6.07, 6.45) is 3.71. The van der Waals surface area contributed by atoms with Crippen LogP contribution >= 0.6 is 11.3 Å². The van der Waals surface area contributed by atoms with E-state index < -0.39 is 0 Å². The third kappa shape index (κ3) is 2.57. The molecule has 98 valence electrons. The van der Waals surface area contributed by atoms with Gasteiger partial charge < -0.3 is 0 Å². The zero-order chi connectivity index (χ0) is 13.9. The molecule has 3 aromatic rings. The minimum Gasteiger partial charge on any atom is -0.258 e. The van der Waals surface area contributed by atoms with Crippen molar-refractivity contribution >= 4 is 40.1 Å². The average molecular weight is 282 g/mol. The number of thiophene rings is 1. The number of benzene rings is 1. The van der Waals surface area contributed by atoms with Crippen LogP contribution in [-0.4, -0.2) is 9.91 Å². The molecule has 3 rings (SSSR count). The van der Waals surface area contributed by atoms with Gasteiger partial charge in [-0.15, -0.1) is 11.3 Å². The topological polar surface area (TPSA) is 56.0 Å². The van der Waals surface area contributed by atoms with Gasteiger partial charge in [0.25, 0.3) is 5.69 Å². The monoisotopic (exact) mass is 282 g/mol. The van der Waals surface area contributed by atoms with Crippen molar-refractivity contribution < 1.29 is 4.92 Å². The van der Waals surface area contributed by atoms with Gasteiger partial charge in [0.1, 0.15) is 0 Å². The predicted octanol–water partition coefficient (Wildman–Crippen LogP) is 4.37. The largest absolute Gasteiger partial charge is 0.280 e. The quantitative estimate of drug-likeness (QED) is 0.529. The van der Waals surface area contributed by atoms with Crippen molar-refractivity contribution in [2.75, 3.05) is 0 Å². The molecule has 0 N–H and O–H groups in total. The number of fused-ring (bicyclic) bond motifs is 1. The summed E-state index contributed by atoms with van der Waals surface area (Å²) in [5.74, 6) is 0. The van der Waals surface area contributed by atoms with Crippen molar-refractivity contribution in [2.24, 2.45) is 0 Å². The molecule has 0 fully saturated rings. The van der Waals surface area contributed by atoms with Crippen molar-refractivity contribution in [3.05, 3.63) is 68.5 Å². The lowest BCUT2D eigenvalue weighted by Crippen LogP contribution is -1.83. The van der Waals surface area contributed by atoms with Crippen LogP contribution in [0.25, 0.3) is 23.1 Å². The first-order valence-corrected chi connectivity index (χ1v) is 6.87. The molecule has 0 spiro atoms. The summed E-state index contributed by atoms with van der Waals surface area (Å²) >= 11 is 1.34. The summed E-state index contributed by atoms with van der Waals surface area (Å²) in [7, 11) is 0. The lowest BCUT2D eigenvalue weighted by atomic mass is 10.2. The van der Waals surface area contributed by atoms with Crippen LogP contribution in [0.5, 0.6) is 0 Å². The van der Waals surface area contributed by atoms with Gasteiger partial charge in [-0.3, -0.25) is 10.1 Å². The predicted molar refractivity (Wildman–Crippen MR) is 81.6 cm³/mol. The number of hydrogen-bond donors (Lipinski definition) is 0. The number of hydrogen-bond acceptors (Lipinski definition) is 4. The average Bonchev–Trinajstić information content (AvgIpc) is 2.94. The Morgan fingerprint density at radius 1 is 1.15 bits per heavy atom. The van der Waals surface area contributed by atoms with Gasteiger partial charge in [-0.05, 0) is 24.3 Å². The third-order valence-electron chi connectivity index (χ3n) is 2.86. The number of rotatable bonds is 3. The van der Waals surface area contributed by atoms with E-state index in [0.717, 1.165) is 21.5 Å². The van der Waals surface area contributed by atoms with Gasteiger partial charge in [0.2, 0.25) is 0 Å². The van der Waals surface area contributed by atoms with Crippen molar-refractivity contribution in [2.45, 2.75) is 0 Å². The van der Waals surface area contributed by atoms with Crippen LogP contribution in [0.2, 0.25) is 0 Å². The van der Waals surface area contributed by atoms with Gasteiger partial charge in [-0.2, -0.15) is 0 Å². The molecule has 0 atom stereocenters. The maximum Gasteiger partial charge on any atom is 0.280 e. The smallest absolute Gasteiger partial charge is 0.258 e. The molecule has 0 aliphatic heterocycles. The first-order chi connectivity index (χ1) is 9.72. The first kappa shape index (κ1) is 12.5. The number of nitro groups is 1. The van der Waals surface area contributed by atoms with E-state index >= 15 is 0 Å². The summed E-state index contributed by atoms with van der Waals surface area (Å²) in [4.78, 5) is 15.6. The number of aromatic nitrogens is 1. The Morgan fingerprint density at radius 3 is 2.80 bits per heavy atom. The van der Waals surface area contributed by atoms with Crippen LogP contribution in [0.1, 0.15) is 10.6 Å². The van der Waals surface area contributed by atoms with E-state index in [1.807, 2.05) is 48.6 Å². The van der Waals surface area contributed by atoms with Gasteiger partial charge in [0.15, 0.2) is 0 Å². The number of pyridine rings is 1. The Bertz CT molecular complexity index is 808. The van der Waals surface area contributed by atoms with E-state index in [0.29, 0.717) is 0 Å². The fourth-order valence-electron chi connectivity index (χ4n) is 1.87. The van der Waals surface area contributed by atoms with Crippen LogP contribution < -0.4 is 0 Å². The van der Waals surface area contributed by atoms with E-state index in [1.54, 1.807) is 6.07 Å². The number of para-hydroxylation sites is 1. The second-order valence-corrected chi connectivity index (χ2v) is 5.17. The molecule has 0 amide bonds. The van der Waals surface area contributed by atoms with Gasteiger partial charge >= 0.3 is 0 Å². The zero-order valence-electron chi connectivity index (χ0n) is 10.4. The lowest BCUT2D eigenvalue weighted by Gasteiger charge is -1.97. The molecule has 0 aliphatic rings. The molecule has 0 bridgehead atoms. The van der Waals surface area contributed by atoms with Crippen LogP contribution in [0.4, 0.5) is 5.69 Å². The van der Waals surface area contributed by atoms with E-state index in [4.69, 9.17) is 0 Å². The maximum absolute atomic E-state index is 10.6.